The molecule has 0 atom stereocenters. The van der Waals surface area contributed by atoms with Gasteiger partial charge >= 0.3 is 0 Å². The van der Waals surface area contributed by atoms with Crippen LogP contribution < -0.4 is 0 Å². The summed E-state index contributed by atoms with van der Waals surface area (Å²) in [7, 11) is 1.74. The lowest BCUT2D eigenvalue weighted by atomic mass is 9.97. The Labute approximate surface area is 134 Å². The monoisotopic (exact) mass is 292 g/mol. The van der Waals surface area contributed by atoms with Crippen LogP contribution >= 0.6 is 0 Å². The van der Waals surface area contributed by atoms with E-state index < -0.39 is 0 Å². The van der Waals surface area contributed by atoms with Crippen LogP contribution in [0.1, 0.15) is 35.6 Å². The highest BCUT2D eigenvalue weighted by molar-refractivity contribution is 5.88. The van der Waals surface area contributed by atoms with E-state index in [-0.39, 0.29) is 0 Å². The number of allylic oxidation sites excluding steroid dienone is 3. The molecule has 0 radical (unpaired) electrons. The summed E-state index contributed by atoms with van der Waals surface area (Å²) in [6.45, 7) is 4.90. The number of hydrogen-bond donors (Lipinski definition) is 0. The lowest BCUT2D eigenvalue weighted by molar-refractivity contribution is 0.184. The zero-order chi connectivity index (χ0) is 15.8. The summed E-state index contributed by atoms with van der Waals surface area (Å²) in [5, 5.41) is 0. The second-order valence-corrected chi connectivity index (χ2v) is 5.41. The Morgan fingerprint density at radius 2 is 1.91 bits per heavy atom. The molecule has 0 saturated heterocycles. The molecule has 0 N–H and O–H groups in total. The van der Waals surface area contributed by atoms with Crippen molar-refractivity contribution in [1.29, 1.82) is 0 Å². The summed E-state index contributed by atoms with van der Waals surface area (Å²) in [6.07, 6.45) is 7.67. The van der Waals surface area contributed by atoms with Gasteiger partial charge in [-0.15, -0.1) is 0 Å². The molecule has 0 unspecified atom stereocenters. The molecule has 0 aliphatic rings. The third-order valence-corrected chi connectivity index (χ3v) is 3.53. The van der Waals surface area contributed by atoms with Crippen molar-refractivity contribution >= 4 is 11.6 Å². The van der Waals surface area contributed by atoms with Gasteiger partial charge in [-0.2, -0.15) is 0 Å². The maximum Gasteiger partial charge on any atom is 0.0719 e. The Balaban J connectivity index is 2.49. The second kappa shape index (κ2) is 8.35. The van der Waals surface area contributed by atoms with Crippen molar-refractivity contribution in [3.05, 3.63) is 82.9 Å². The average molecular weight is 292 g/mol. The Kier molecular flexibility index (Phi) is 6.17. The van der Waals surface area contributed by atoms with Crippen molar-refractivity contribution in [2.45, 2.75) is 26.9 Å². The lowest BCUT2D eigenvalue weighted by Crippen LogP contribution is -1.94. The summed E-state index contributed by atoms with van der Waals surface area (Å²) < 4.78 is 5.34. The number of rotatable bonds is 6. The van der Waals surface area contributed by atoms with E-state index in [0.29, 0.717) is 6.61 Å². The number of ether oxygens (including phenoxy) is 1. The minimum Gasteiger partial charge on any atom is -0.380 e. The Morgan fingerprint density at radius 1 is 1.09 bits per heavy atom. The number of hydrogen-bond acceptors (Lipinski definition) is 1. The molecule has 2 aromatic rings. The highest BCUT2D eigenvalue weighted by Gasteiger charge is 2.05. The van der Waals surface area contributed by atoms with Crippen LogP contribution in [0.15, 0.2) is 60.7 Å². The van der Waals surface area contributed by atoms with Crippen LogP contribution in [-0.2, 0) is 11.3 Å². The molecular weight excluding hydrogens is 268 g/mol. The molecule has 0 bridgehead atoms. The molecule has 2 aromatic carbocycles. The molecule has 0 aliphatic heterocycles. The molecule has 0 saturated carbocycles. The fourth-order valence-corrected chi connectivity index (χ4v) is 2.48. The smallest absolute Gasteiger partial charge is 0.0719 e. The Bertz CT molecular complexity index is 665. The van der Waals surface area contributed by atoms with Crippen molar-refractivity contribution in [2.75, 3.05) is 7.11 Å². The van der Waals surface area contributed by atoms with Gasteiger partial charge in [-0.3, -0.25) is 0 Å². The van der Waals surface area contributed by atoms with E-state index in [2.05, 4.69) is 80.6 Å². The number of methoxy groups -OCH3 is 1. The van der Waals surface area contributed by atoms with Gasteiger partial charge < -0.3 is 4.74 Å². The Morgan fingerprint density at radius 3 is 2.64 bits per heavy atom. The van der Waals surface area contributed by atoms with Gasteiger partial charge in [0.05, 0.1) is 6.61 Å². The maximum atomic E-state index is 5.34. The standard InChI is InChI=1S/C21H24O/c1-4-5-11-19(15-18-10-8-9-17(2)14-18)21-13-7-6-12-20(21)16-22-3/h5-15H,4,16H2,1-3H3/b11-5+,19-15+. The van der Waals surface area contributed by atoms with Crippen LogP contribution in [0.5, 0.6) is 0 Å². The van der Waals surface area contributed by atoms with Gasteiger partial charge in [0.1, 0.15) is 0 Å². The van der Waals surface area contributed by atoms with E-state index >= 15 is 0 Å². The van der Waals surface area contributed by atoms with E-state index in [1.54, 1.807) is 7.11 Å². The predicted molar refractivity (Wildman–Crippen MR) is 95.6 cm³/mol. The Hall–Kier alpha value is -2.12. The van der Waals surface area contributed by atoms with Crippen LogP contribution in [0.25, 0.3) is 11.6 Å². The predicted octanol–water partition coefficient (Wildman–Crippen LogP) is 5.65. The van der Waals surface area contributed by atoms with Crippen LogP contribution in [-0.4, -0.2) is 7.11 Å². The van der Waals surface area contributed by atoms with Gasteiger partial charge in [0.15, 0.2) is 0 Å². The van der Waals surface area contributed by atoms with Gasteiger partial charge in [0.25, 0.3) is 0 Å². The van der Waals surface area contributed by atoms with E-state index in [1.165, 1.54) is 27.8 Å². The summed E-state index contributed by atoms with van der Waals surface area (Å²) >= 11 is 0. The zero-order valence-electron chi connectivity index (χ0n) is 13.7. The first-order valence-corrected chi connectivity index (χ1v) is 7.76. The molecule has 0 heterocycles. The van der Waals surface area contributed by atoms with Gasteiger partial charge in [0.2, 0.25) is 0 Å². The molecule has 1 nitrogen and oxygen atoms in total. The summed E-state index contributed by atoms with van der Waals surface area (Å²) in [4.78, 5) is 0. The first kappa shape index (κ1) is 16.3. The van der Waals surface area contributed by atoms with Crippen LogP contribution in [0.2, 0.25) is 0 Å². The molecule has 0 fully saturated rings. The molecule has 0 aliphatic carbocycles. The van der Waals surface area contributed by atoms with E-state index in [4.69, 9.17) is 4.74 Å². The number of benzene rings is 2. The van der Waals surface area contributed by atoms with E-state index in [9.17, 15) is 0 Å². The first-order valence-electron chi connectivity index (χ1n) is 7.76. The third kappa shape index (κ3) is 4.44. The molecule has 1 heteroatoms. The zero-order valence-corrected chi connectivity index (χ0v) is 13.7. The highest BCUT2D eigenvalue weighted by atomic mass is 16.5. The van der Waals surface area contributed by atoms with E-state index in [0.717, 1.165) is 6.42 Å². The van der Waals surface area contributed by atoms with Crippen LogP contribution in [0, 0.1) is 6.92 Å². The van der Waals surface area contributed by atoms with Crippen molar-refractivity contribution in [2.24, 2.45) is 0 Å². The van der Waals surface area contributed by atoms with Gasteiger partial charge in [-0.05, 0) is 41.7 Å². The van der Waals surface area contributed by atoms with Crippen LogP contribution in [0.4, 0.5) is 0 Å². The fraction of sp³-hybridized carbons (Fsp3) is 0.238. The molecular formula is C21H24O. The van der Waals surface area contributed by atoms with Gasteiger partial charge in [-0.1, -0.05) is 73.2 Å². The molecule has 2 rings (SSSR count). The largest absolute Gasteiger partial charge is 0.380 e. The summed E-state index contributed by atoms with van der Waals surface area (Å²) in [5.74, 6) is 0. The molecule has 0 aromatic heterocycles. The molecule has 0 amide bonds. The van der Waals surface area contributed by atoms with E-state index in [1.807, 2.05) is 0 Å². The van der Waals surface area contributed by atoms with Crippen molar-refractivity contribution < 1.29 is 4.74 Å². The quantitative estimate of drug-likeness (QED) is 0.494. The molecule has 22 heavy (non-hydrogen) atoms. The molecule has 114 valence electrons. The van der Waals surface area contributed by atoms with Crippen molar-refractivity contribution in [3.8, 4) is 0 Å². The first-order chi connectivity index (χ1) is 10.7. The highest BCUT2D eigenvalue weighted by Crippen LogP contribution is 2.24. The minimum atomic E-state index is 0.626. The minimum absolute atomic E-state index is 0.626. The SMILES string of the molecule is CC/C=C/C(=C\c1cccc(C)c1)c1ccccc1COC. The average Bonchev–Trinajstić information content (AvgIpc) is 2.52. The second-order valence-electron chi connectivity index (χ2n) is 5.41. The van der Waals surface area contributed by atoms with Crippen molar-refractivity contribution in [3.63, 3.8) is 0 Å². The molecule has 0 spiro atoms. The van der Waals surface area contributed by atoms with Crippen LogP contribution in [0.3, 0.4) is 0 Å². The summed E-state index contributed by atoms with van der Waals surface area (Å²) in [6, 6.07) is 17.0. The summed E-state index contributed by atoms with van der Waals surface area (Å²) in [5.41, 5.74) is 6.17. The topological polar surface area (TPSA) is 9.23 Å². The normalized spacial score (nSPS) is 12.0. The number of aryl methyl sites for hydroxylation is 1. The van der Waals surface area contributed by atoms with Gasteiger partial charge in [0, 0.05) is 7.11 Å². The fourth-order valence-electron chi connectivity index (χ4n) is 2.48. The van der Waals surface area contributed by atoms with Crippen molar-refractivity contribution in [1.82, 2.24) is 0 Å². The van der Waals surface area contributed by atoms with Gasteiger partial charge in [-0.25, -0.2) is 0 Å². The third-order valence-electron chi connectivity index (χ3n) is 3.53. The maximum absolute atomic E-state index is 5.34. The lowest BCUT2D eigenvalue weighted by Gasteiger charge is -2.10.